The zero-order chi connectivity index (χ0) is 6.69. The van der Waals surface area contributed by atoms with Gasteiger partial charge >= 0.3 is 5.97 Å². The second-order valence-electron chi connectivity index (χ2n) is 1.31. The molecule has 0 saturated carbocycles. The van der Waals surface area contributed by atoms with E-state index in [4.69, 9.17) is 5.11 Å². The van der Waals surface area contributed by atoms with Crippen LogP contribution in [0.4, 0.5) is 0 Å². The minimum absolute atomic E-state index is 0. The van der Waals surface area contributed by atoms with Crippen LogP contribution in [-0.2, 0) is 9.63 Å². The van der Waals surface area contributed by atoms with Crippen LogP contribution in [0.25, 0.3) is 0 Å². The molecule has 0 radical (unpaired) electrons. The van der Waals surface area contributed by atoms with Crippen molar-refractivity contribution in [1.82, 2.24) is 5.59 Å². The Bertz CT molecular complexity index is 189. The Balaban J connectivity index is 0.000000810. The van der Waals surface area contributed by atoms with E-state index in [-0.39, 0.29) is 43.5 Å². The molecule has 0 aromatic carbocycles. The second-order valence-corrected chi connectivity index (χ2v) is 1.31. The van der Waals surface area contributed by atoms with Gasteiger partial charge in [-0.05, 0) is 0 Å². The number of rotatable bonds is 1. The molecule has 1 aliphatic heterocycles. The monoisotopic (exact) mass is 168 g/mol. The third kappa shape index (κ3) is 2.55. The second kappa shape index (κ2) is 4.54. The standard InChI is InChI=1S/C4H4N2O3.Ar/c7-4(8)3-1-2-5-6-9-3;/h1-2,6H,(H,7,8);. The predicted molar refractivity (Wildman–Crippen MR) is 28.4 cm³/mol. The molecule has 2 N–H and O–H groups in total. The van der Waals surface area contributed by atoms with Crippen molar-refractivity contribution in [3.05, 3.63) is 11.8 Å². The zero-order valence-corrected chi connectivity index (χ0v) is 5.43. The molecule has 0 spiro atoms. The van der Waals surface area contributed by atoms with Gasteiger partial charge in [-0.25, -0.2) is 4.79 Å². The molecule has 1 aliphatic rings. The van der Waals surface area contributed by atoms with Gasteiger partial charge in [0.05, 0.1) is 6.21 Å². The summed E-state index contributed by atoms with van der Waals surface area (Å²) in [6.07, 6.45) is 2.55. The van der Waals surface area contributed by atoms with Crippen LogP contribution in [0.3, 0.4) is 0 Å². The average molecular weight is 168 g/mol. The summed E-state index contributed by atoms with van der Waals surface area (Å²) in [6.45, 7) is 0. The van der Waals surface area contributed by atoms with Gasteiger partial charge in [-0.1, -0.05) is 0 Å². The number of nitrogens with zero attached hydrogens (tertiary/aromatic N) is 1. The van der Waals surface area contributed by atoms with Crippen LogP contribution in [0.2, 0.25) is 0 Å². The van der Waals surface area contributed by atoms with Gasteiger partial charge < -0.3 is 9.94 Å². The number of hydrogen-bond donors (Lipinski definition) is 2. The van der Waals surface area contributed by atoms with Crippen molar-refractivity contribution in [2.45, 2.75) is 0 Å². The Labute approximate surface area is 86.7 Å². The van der Waals surface area contributed by atoms with E-state index < -0.39 is 5.97 Å². The first kappa shape index (κ1) is 9.74. The molecular formula is C4H4ArN2O3. The number of carboxylic acids is 1. The van der Waals surface area contributed by atoms with Crippen molar-refractivity contribution in [2.75, 3.05) is 0 Å². The van der Waals surface area contributed by atoms with E-state index in [0.29, 0.717) is 0 Å². The fourth-order valence-corrected chi connectivity index (χ4v) is 0.360. The molecule has 0 saturated heterocycles. The Morgan fingerprint density at radius 1 is 1.80 bits per heavy atom. The van der Waals surface area contributed by atoms with Crippen molar-refractivity contribution < 1.29 is 52.5 Å². The first-order valence-corrected chi connectivity index (χ1v) is 2.19. The van der Waals surface area contributed by atoms with E-state index in [1.165, 1.54) is 12.3 Å². The predicted octanol–water partition coefficient (Wildman–Crippen LogP) is -0.524. The van der Waals surface area contributed by atoms with Crippen molar-refractivity contribution >= 4 is 12.2 Å². The minimum atomic E-state index is -1.12. The van der Waals surface area contributed by atoms with E-state index in [0.717, 1.165) is 0 Å². The average Bonchev–Trinajstić information content (AvgIpc) is 1.90. The third-order valence-corrected chi connectivity index (χ3v) is 0.720. The van der Waals surface area contributed by atoms with Crippen molar-refractivity contribution in [3.8, 4) is 0 Å². The summed E-state index contributed by atoms with van der Waals surface area (Å²) in [5, 5.41) is 11.6. The SMILES string of the molecule is O=C(O)C1=CC=NNO1.[Ar]. The Kier molecular flexibility index (Phi) is 4.42. The number of hydrazone groups is 1. The number of hydrogen-bond acceptors (Lipinski definition) is 4. The van der Waals surface area contributed by atoms with Gasteiger partial charge in [0.2, 0.25) is 5.76 Å². The Hall–Kier alpha value is -0.260. The van der Waals surface area contributed by atoms with E-state index in [1.807, 2.05) is 5.59 Å². The van der Waals surface area contributed by atoms with Gasteiger partial charge in [-0.2, -0.15) is 5.10 Å². The van der Waals surface area contributed by atoms with Crippen LogP contribution in [-0.4, -0.2) is 17.3 Å². The summed E-state index contributed by atoms with van der Waals surface area (Å²) in [6, 6.07) is 0. The maximum absolute atomic E-state index is 10.1. The van der Waals surface area contributed by atoms with Crippen LogP contribution >= 0.6 is 0 Å². The van der Waals surface area contributed by atoms with Gasteiger partial charge in [0.1, 0.15) is 0 Å². The van der Waals surface area contributed by atoms with E-state index in [9.17, 15) is 4.79 Å². The van der Waals surface area contributed by atoms with Gasteiger partial charge in [0, 0.05) is 43.8 Å². The van der Waals surface area contributed by atoms with Crippen LogP contribution in [0.5, 0.6) is 0 Å². The van der Waals surface area contributed by atoms with Gasteiger partial charge in [-0.3, -0.25) is 0 Å². The Morgan fingerprint density at radius 3 is 2.80 bits per heavy atom. The summed E-state index contributed by atoms with van der Waals surface area (Å²) >= 11 is 0. The molecule has 10 heavy (non-hydrogen) atoms. The molecule has 0 atom stereocenters. The summed E-state index contributed by atoms with van der Waals surface area (Å²) in [7, 11) is 0. The van der Waals surface area contributed by atoms with Gasteiger partial charge in [0.15, 0.2) is 0 Å². The summed E-state index contributed by atoms with van der Waals surface area (Å²) in [5.74, 6) is -1.28. The van der Waals surface area contributed by atoms with E-state index >= 15 is 0 Å². The number of aliphatic carboxylic acids is 1. The smallest absolute Gasteiger partial charge is 0.374 e. The summed E-state index contributed by atoms with van der Waals surface area (Å²) in [4.78, 5) is 14.4. The normalized spacial score (nSPS) is 13.8. The fourth-order valence-electron chi connectivity index (χ4n) is 0.360. The molecule has 0 fully saturated rings. The first-order valence-electron chi connectivity index (χ1n) is 2.19. The van der Waals surface area contributed by atoms with Gasteiger partial charge in [0.25, 0.3) is 0 Å². The zero-order valence-electron chi connectivity index (χ0n) is 4.72. The van der Waals surface area contributed by atoms with Crippen molar-refractivity contribution in [2.24, 2.45) is 5.10 Å². The molecular weight excluding hydrogens is 164 g/mol. The molecule has 6 heteroatoms. The number of carbonyl (C=O) groups is 1. The van der Waals surface area contributed by atoms with Crippen LogP contribution in [0.15, 0.2) is 16.9 Å². The molecule has 0 unspecified atom stereocenters. The van der Waals surface area contributed by atoms with Crippen LogP contribution < -0.4 is 5.59 Å². The third-order valence-electron chi connectivity index (χ3n) is 0.720. The first-order chi connectivity index (χ1) is 4.30. The van der Waals surface area contributed by atoms with Crippen LogP contribution in [0.1, 0.15) is 0 Å². The minimum Gasteiger partial charge on any atom is -0.475 e. The fraction of sp³-hybridized carbons (Fsp3) is 0. The van der Waals surface area contributed by atoms with Gasteiger partial charge in [-0.15, -0.1) is 5.59 Å². The molecule has 0 aromatic rings. The van der Waals surface area contributed by atoms with Crippen LogP contribution in [0, 0.1) is 37.7 Å². The molecule has 0 amide bonds. The quantitative estimate of drug-likeness (QED) is 0.552. The largest absolute Gasteiger partial charge is 0.475 e. The molecule has 0 aliphatic carbocycles. The number of carboxylic acid groups (broad SMARTS) is 1. The maximum atomic E-state index is 10.1. The van der Waals surface area contributed by atoms with E-state index in [2.05, 4.69) is 9.94 Å². The molecule has 5 nitrogen and oxygen atoms in total. The number of allylic oxidation sites excluding steroid dienone is 1. The summed E-state index contributed by atoms with van der Waals surface area (Å²) < 4.78 is 0. The van der Waals surface area contributed by atoms with Crippen molar-refractivity contribution in [3.63, 3.8) is 0 Å². The molecule has 0 aromatic heterocycles. The summed E-state index contributed by atoms with van der Waals surface area (Å²) in [5.41, 5.74) is 2.04. The Morgan fingerprint density at radius 2 is 2.50 bits per heavy atom. The molecule has 56 valence electrons. The molecule has 1 rings (SSSR count). The molecule has 0 bridgehead atoms. The topological polar surface area (TPSA) is 70.9 Å². The van der Waals surface area contributed by atoms with E-state index in [1.54, 1.807) is 0 Å². The number of nitrogens with one attached hydrogen (secondary N) is 1. The maximum Gasteiger partial charge on any atom is 0.374 e. The molecule has 1 heterocycles. The van der Waals surface area contributed by atoms with Crippen molar-refractivity contribution in [1.29, 1.82) is 0 Å².